The summed E-state index contributed by atoms with van der Waals surface area (Å²) in [5.74, 6) is -1.37. The van der Waals surface area contributed by atoms with Gasteiger partial charge in [0.25, 0.3) is 5.69 Å². The Morgan fingerprint density at radius 2 is 1.84 bits per heavy atom. The summed E-state index contributed by atoms with van der Waals surface area (Å²) in [6.07, 6.45) is 1.35. The molecule has 1 atom stereocenters. The molecule has 0 radical (unpaired) electrons. The van der Waals surface area contributed by atoms with Crippen LogP contribution in [0.4, 0.5) is 5.69 Å². The number of nitro benzene ring substituents is 1. The molecule has 0 aliphatic heterocycles. The van der Waals surface area contributed by atoms with Crippen molar-refractivity contribution in [2.75, 3.05) is 12.8 Å². The Hall–Kier alpha value is -2.76. The highest BCUT2D eigenvalue weighted by Gasteiger charge is 2.24. The summed E-state index contributed by atoms with van der Waals surface area (Å²) in [5.41, 5.74) is 1.08. The van der Waals surface area contributed by atoms with Gasteiger partial charge in [0.1, 0.15) is 6.54 Å². The minimum Gasteiger partial charge on any atom is -0.453 e. The van der Waals surface area contributed by atoms with E-state index in [1.165, 1.54) is 19.1 Å². The standard InChI is InChI=1S/C20H22N2O7S2/c1-4-14-5-7-15(8-6-14)20(24)13(2)29-19(23)12-21-31(27,28)16-9-10-18(30-3)17(11-16)22(25)26/h5-11,13,21H,4,12H2,1-3H3. The van der Waals surface area contributed by atoms with E-state index < -0.39 is 39.3 Å². The molecule has 0 aromatic heterocycles. The number of nitro groups is 1. The molecular weight excluding hydrogens is 444 g/mol. The van der Waals surface area contributed by atoms with Crippen molar-refractivity contribution in [2.45, 2.75) is 36.2 Å². The fourth-order valence-corrected chi connectivity index (χ4v) is 4.18. The summed E-state index contributed by atoms with van der Waals surface area (Å²) in [4.78, 5) is 34.8. The van der Waals surface area contributed by atoms with Crippen LogP contribution in [0, 0.1) is 10.1 Å². The summed E-state index contributed by atoms with van der Waals surface area (Å²) in [6, 6.07) is 10.3. The van der Waals surface area contributed by atoms with E-state index in [1.54, 1.807) is 30.5 Å². The number of esters is 1. The number of nitrogens with one attached hydrogen (secondary N) is 1. The molecule has 2 aromatic carbocycles. The Morgan fingerprint density at radius 3 is 2.39 bits per heavy atom. The molecule has 0 saturated heterocycles. The number of nitrogens with zero attached hydrogens (tertiary/aromatic N) is 1. The average Bonchev–Trinajstić information content (AvgIpc) is 2.76. The van der Waals surface area contributed by atoms with Crippen LogP contribution in [-0.4, -0.2) is 44.0 Å². The zero-order chi connectivity index (χ0) is 23.2. The lowest BCUT2D eigenvalue weighted by atomic mass is 10.0. The van der Waals surface area contributed by atoms with Gasteiger partial charge in [0.2, 0.25) is 15.8 Å². The number of rotatable bonds is 10. The zero-order valence-corrected chi connectivity index (χ0v) is 18.8. The minimum atomic E-state index is -4.20. The van der Waals surface area contributed by atoms with Crippen molar-refractivity contribution < 1.29 is 27.7 Å². The zero-order valence-electron chi connectivity index (χ0n) is 17.2. The molecule has 0 bridgehead atoms. The number of aryl methyl sites for hydroxylation is 1. The van der Waals surface area contributed by atoms with Crippen LogP contribution in [-0.2, 0) is 26.0 Å². The second-order valence-electron chi connectivity index (χ2n) is 6.46. The fourth-order valence-electron chi connectivity index (χ4n) is 2.65. The van der Waals surface area contributed by atoms with E-state index in [1.807, 2.05) is 11.6 Å². The van der Waals surface area contributed by atoms with Crippen molar-refractivity contribution in [1.29, 1.82) is 0 Å². The number of ketones is 1. The molecule has 0 fully saturated rings. The van der Waals surface area contributed by atoms with E-state index in [-0.39, 0.29) is 10.6 Å². The van der Waals surface area contributed by atoms with Gasteiger partial charge in [-0.2, -0.15) is 4.72 Å². The molecule has 0 aliphatic carbocycles. The molecule has 166 valence electrons. The van der Waals surface area contributed by atoms with Gasteiger partial charge in [0.15, 0.2) is 6.10 Å². The summed E-state index contributed by atoms with van der Waals surface area (Å²) in [5, 5.41) is 11.1. The Balaban J connectivity index is 2.01. The van der Waals surface area contributed by atoms with Gasteiger partial charge < -0.3 is 4.74 Å². The number of Topliss-reactive ketones (excluding diaryl/α,β-unsaturated/α-hetero) is 1. The average molecular weight is 467 g/mol. The third kappa shape index (κ3) is 6.36. The van der Waals surface area contributed by atoms with Crippen LogP contribution in [0.15, 0.2) is 52.3 Å². The highest BCUT2D eigenvalue weighted by atomic mass is 32.2. The van der Waals surface area contributed by atoms with Crippen LogP contribution in [0.25, 0.3) is 0 Å². The van der Waals surface area contributed by atoms with E-state index in [0.717, 1.165) is 29.8 Å². The third-order valence-electron chi connectivity index (χ3n) is 4.39. The van der Waals surface area contributed by atoms with Gasteiger partial charge in [-0.25, -0.2) is 8.42 Å². The van der Waals surface area contributed by atoms with Gasteiger partial charge in [-0.15, -0.1) is 11.8 Å². The Labute approximate surface area is 184 Å². The first-order valence-corrected chi connectivity index (χ1v) is 11.9. The van der Waals surface area contributed by atoms with Gasteiger partial charge in [-0.3, -0.25) is 19.7 Å². The van der Waals surface area contributed by atoms with Crippen molar-refractivity contribution in [3.05, 3.63) is 63.7 Å². The number of ether oxygens (including phenoxy) is 1. The van der Waals surface area contributed by atoms with E-state index in [0.29, 0.717) is 10.5 Å². The molecule has 2 aromatic rings. The van der Waals surface area contributed by atoms with Crippen molar-refractivity contribution in [2.24, 2.45) is 0 Å². The van der Waals surface area contributed by atoms with Gasteiger partial charge in [0.05, 0.1) is 14.7 Å². The number of hydrogen-bond donors (Lipinski definition) is 1. The minimum absolute atomic E-state index is 0.308. The topological polar surface area (TPSA) is 133 Å². The quantitative estimate of drug-likeness (QED) is 0.186. The molecule has 9 nitrogen and oxygen atoms in total. The number of hydrogen-bond acceptors (Lipinski definition) is 8. The highest BCUT2D eigenvalue weighted by Crippen LogP contribution is 2.29. The Morgan fingerprint density at radius 1 is 1.19 bits per heavy atom. The van der Waals surface area contributed by atoms with Crippen LogP contribution in [0.1, 0.15) is 29.8 Å². The Kier molecular flexibility index (Phi) is 8.31. The molecule has 31 heavy (non-hydrogen) atoms. The molecule has 11 heteroatoms. The van der Waals surface area contributed by atoms with Gasteiger partial charge in [-0.1, -0.05) is 31.2 Å². The largest absolute Gasteiger partial charge is 0.453 e. The van der Waals surface area contributed by atoms with Crippen LogP contribution in [0.2, 0.25) is 0 Å². The van der Waals surface area contributed by atoms with Crippen molar-refractivity contribution in [3.63, 3.8) is 0 Å². The molecule has 0 spiro atoms. The van der Waals surface area contributed by atoms with Crippen LogP contribution < -0.4 is 4.72 Å². The predicted molar refractivity (Wildman–Crippen MR) is 116 cm³/mol. The molecule has 1 unspecified atom stereocenters. The van der Waals surface area contributed by atoms with Crippen LogP contribution >= 0.6 is 11.8 Å². The first-order chi connectivity index (χ1) is 14.6. The number of thioether (sulfide) groups is 1. The molecular formula is C20H22N2O7S2. The number of benzene rings is 2. The molecule has 0 heterocycles. The predicted octanol–water partition coefficient (Wildman–Crippen LogP) is 2.97. The first kappa shape index (κ1) is 24.5. The summed E-state index contributed by atoms with van der Waals surface area (Å²) in [7, 11) is -4.20. The van der Waals surface area contributed by atoms with Crippen molar-refractivity contribution in [1.82, 2.24) is 4.72 Å². The highest BCUT2D eigenvalue weighted by molar-refractivity contribution is 7.98. The molecule has 0 saturated carbocycles. The fraction of sp³-hybridized carbons (Fsp3) is 0.300. The lowest BCUT2D eigenvalue weighted by Gasteiger charge is -2.13. The second-order valence-corrected chi connectivity index (χ2v) is 9.08. The maximum absolute atomic E-state index is 12.4. The van der Waals surface area contributed by atoms with E-state index in [4.69, 9.17) is 4.74 Å². The van der Waals surface area contributed by atoms with Gasteiger partial charge in [0, 0.05) is 11.6 Å². The normalized spacial score (nSPS) is 12.2. The second kappa shape index (κ2) is 10.5. The van der Waals surface area contributed by atoms with Crippen LogP contribution in [0.3, 0.4) is 0 Å². The number of sulfonamides is 1. The summed E-state index contributed by atoms with van der Waals surface area (Å²) in [6.45, 7) is 2.65. The summed E-state index contributed by atoms with van der Waals surface area (Å²) >= 11 is 1.11. The van der Waals surface area contributed by atoms with Gasteiger partial charge in [-0.05, 0) is 37.3 Å². The van der Waals surface area contributed by atoms with E-state index in [9.17, 15) is 28.1 Å². The molecule has 0 aliphatic rings. The monoisotopic (exact) mass is 466 g/mol. The number of carbonyl (C=O) groups is 2. The van der Waals surface area contributed by atoms with Crippen molar-refractivity contribution >= 4 is 39.2 Å². The SMILES string of the molecule is CCc1ccc(C(=O)C(C)OC(=O)CNS(=O)(=O)c2ccc(SC)c([N+](=O)[O-])c2)cc1. The molecule has 1 N–H and O–H groups in total. The van der Waals surface area contributed by atoms with Crippen molar-refractivity contribution in [3.8, 4) is 0 Å². The van der Waals surface area contributed by atoms with Crippen LogP contribution in [0.5, 0.6) is 0 Å². The molecule has 2 rings (SSSR count). The third-order valence-corrected chi connectivity index (χ3v) is 6.57. The Bertz CT molecular complexity index is 1080. The summed E-state index contributed by atoms with van der Waals surface area (Å²) < 4.78 is 31.9. The molecule has 0 amide bonds. The lowest BCUT2D eigenvalue weighted by Crippen LogP contribution is -2.34. The van der Waals surface area contributed by atoms with E-state index in [2.05, 4.69) is 0 Å². The van der Waals surface area contributed by atoms with Gasteiger partial charge >= 0.3 is 5.97 Å². The number of carbonyl (C=O) groups excluding carboxylic acids is 2. The lowest BCUT2D eigenvalue weighted by molar-refractivity contribution is -0.387. The maximum Gasteiger partial charge on any atom is 0.321 e. The van der Waals surface area contributed by atoms with E-state index >= 15 is 0 Å². The maximum atomic E-state index is 12.4. The smallest absolute Gasteiger partial charge is 0.321 e. The first-order valence-electron chi connectivity index (χ1n) is 9.23.